The van der Waals surface area contributed by atoms with E-state index in [0.29, 0.717) is 5.57 Å². The van der Waals surface area contributed by atoms with Crippen molar-refractivity contribution in [3.8, 4) is 0 Å². The molecular formula is C14H19NO. The van der Waals surface area contributed by atoms with Crippen LogP contribution in [0.2, 0.25) is 0 Å². The summed E-state index contributed by atoms with van der Waals surface area (Å²) in [5.74, 6) is -0.435. The van der Waals surface area contributed by atoms with E-state index in [1.807, 2.05) is 36.4 Å². The molecule has 0 heterocycles. The molecule has 2 nitrogen and oxygen atoms in total. The quantitative estimate of drug-likeness (QED) is 0.600. The Labute approximate surface area is 97.8 Å². The largest absolute Gasteiger partial charge is 0.366 e. The maximum atomic E-state index is 9.82. The van der Waals surface area contributed by atoms with Gasteiger partial charge in [-0.1, -0.05) is 68.3 Å². The highest BCUT2D eigenvalue weighted by atomic mass is 16.1. The van der Waals surface area contributed by atoms with E-state index in [1.165, 1.54) is 0 Å². The second-order valence-electron chi connectivity index (χ2n) is 2.77. The first-order valence-electron chi connectivity index (χ1n) is 4.75. The Kier molecular flexibility index (Phi) is 13.2. The lowest BCUT2D eigenvalue weighted by Gasteiger charge is -1.81. The van der Waals surface area contributed by atoms with Crippen molar-refractivity contribution >= 4 is 5.91 Å². The molecule has 0 aliphatic rings. The van der Waals surface area contributed by atoms with E-state index in [0.717, 1.165) is 0 Å². The van der Waals surface area contributed by atoms with Crippen LogP contribution in [0, 0.1) is 0 Å². The number of hydrogen-bond donors (Lipinski definition) is 1. The van der Waals surface area contributed by atoms with Crippen molar-refractivity contribution in [3.05, 3.63) is 73.9 Å². The second-order valence-corrected chi connectivity index (χ2v) is 2.77. The Morgan fingerprint density at radius 2 is 1.19 bits per heavy atom. The van der Waals surface area contributed by atoms with E-state index < -0.39 is 5.91 Å². The van der Waals surface area contributed by atoms with Gasteiger partial charge in [0.1, 0.15) is 0 Å². The summed E-state index contributed by atoms with van der Waals surface area (Å²) in [6, 6.07) is 12.0. The lowest BCUT2D eigenvalue weighted by Crippen LogP contribution is -2.10. The molecule has 0 aliphatic heterocycles. The number of carbonyl (C=O) groups is 1. The molecule has 1 aromatic rings. The Hall–Kier alpha value is -2.09. The molecule has 2 heteroatoms. The van der Waals surface area contributed by atoms with Crippen molar-refractivity contribution < 1.29 is 4.79 Å². The summed E-state index contributed by atoms with van der Waals surface area (Å²) in [4.78, 5) is 9.82. The van der Waals surface area contributed by atoms with E-state index in [2.05, 4.69) is 19.7 Å². The Morgan fingerprint density at radius 1 is 1.00 bits per heavy atom. The van der Waals surface area contributed by atoms with Crippen LogP contribution >= 0.6 is 0 Å². The van der Waals surface area contributed by atoms with Gasteiger partial charge in [0, 0.05) is 5.57 Å². The number of carbonyl (C=O) groups excluding carboxylic acids is 1. The Morgan fingerprint density at radius 3 is 1.25 bits per heavy atom. The van der Waals surface area contributed by atoms with Gasteiger partial charge in [0.05, 0.1) is 0 Å². The third-order valence-electron chi connectivity index (χ3n) is 1.25. The van der Waals surface area contributed by atoms with Gasteiger partial charge in [0.15, 0.2) is 0 Å². The Bertz CT molecular complexity index is 270. The van der Waals surface area contributed by atoms with Crippen LogP contribution in [0.15, 0.2) is 73.9 Å². The first kappa shape index (κ1) is 16.3. The number of allylic oxidation sites excluding steroid dienone is 2. The molecule has 16 heavy (non-hydrogen) atoms. The smallest absolute Gasteiger partial charge is 0.243 e. The second kappa shape index (κ2) is 12.9. The first-order valence-corrected chi connectivity index (χ1v) is 4.75. The number of primary amides is 1. The molecule has 0 bridgehead atoms. The summed E-state index contributed by atoms with van der Waals surface area (Å²) in [5.41, 5.74) is 5.09. The fourth-order valence-electron chi connectivity index (χ4n) is 0.385. The lowest BCUT2D eigenvalue weighted by molar-refractivity contribution is -0.114. The number of hydrogen-bond acceptors (Lipinski definition) is 1. The van der Waals surface area contributed by atoms with Crippen molar-refractivity contribution in [1.29, 1.82) is 0 Å². The zero-order valence-corrected chi connectivity index (χ0v) is 9.73. The van der Waals surface area contributed by atoms with Crippen molar-refractivity contribution in [2.75, 3.05) is 0 Å². The van der Waals surface area contributed by atoms with Crippen molar-refractivity contribution in [3.63, 3.8) is 0 Å². The zero-order valence-electron chi connectivity index (χ0n) is 9.73. The van der Waals surface area contributed by atoms with Crippen LogP contribution in [0.4, 0.5) is 0 Å². The highest BCUT2D eigenvalue weighted by molar-refractivity contribution is 5.90. The lowest BCUT2D eigenvalue weighted by atomic mass is 10.3. The molecule has 1 aromatic carbocycles. The van der Waals surface area contributed by atoms with Crippen LogP contribution in [0.1, 0.15) is 6.92 Å². The topological polar surface area (TPSA) is 43.1 Å². The minimum Gasteiger partial charge on any atom is -0.366 e. The summed E-state index contributed by atoms with van der Waals surface area (Å²) in [7, 11) is 0. The van der Waals surface area contributed by atoms with E-state index >= 15 is 0 Å². The van der Waals surface area contributed by atoms with Crippen LogP contribution in [-0.4, -0.2) is 5.91 Å². The van der Waals surface area contributed by atoms with Gasteiger partial charge in [-0.25, -0.2) is 0 Å². The predicted molar refractivity (Wildman–Crippen MR) is 70.8 cm³/mol. The third kappa shape index (κ3) is 17.9. The van der Waals surface area contributed by atoms with E-state index in [1.54, 1.807) is 19.1 Å². The van der Waals surface area contributed by atoms with Crippen molar-refractivity contribution in [1.82, 2.24) is 0 Å². The SMILES string of the molecule is C=C(C)C(N)=O.C=CC=C.c1ccccc1. The normalized spacial score (nSPS) is 7.06. The summed E-state index contributed by atoms with van der Waals surface area (Å²) >= 11 is 0. The maximum Gasteiger partial charge on any atom is 0.243 e. The van der Waals surface area contributed by atoms with Gasteiger partial charge in [-0.15, -0.1) is 0 Å². The first-order chi connectivity index (χ1) is 7.56. The van der Waals surface area contributed by atoms with Crippen LogP contribution in [0.5, 0.6) is 0 Å². The van der Waals surface area contributed by atoms with Gasteiger partial charge in [-0.3, -0.25) is 4.79 Å². The van der Waals surface area contributed by atoms with Crippen molar-refractivity contribution in [2.45, 2.75) is 6.92 Å². The molecule has 0 atom stereocenters. The average molecular weight is 217 g/mol. The molecule has 0 fully saturated rings. The van der Waals surface area contributed by atoms with Crippen LogP contribution in [-0.2, 0) is 4.79 Å². The maximum absolute atomic E-state index is 9.82. The van der Waals surface area contributed by atoms with E-state index in [-0.39, 0.29) is 0 Å². The Balaban J connectivity index is 0. The van der Waals surface area contributed by atoms with Gasteiger partial charge in [-0.05, 0) is 6.92 Å². The molecule has 0 aliphatic carbocycles. The average Bonchev–Trinajstić information content (AvgIpc) is 2.32. The molecular weight excluding hydrogens is 198 g/mol. The molecule has 86 valence electrons. The standard InChI is InChI=1S/C6H6.C4H7NO.C4H6/c1-2-4-6-5-3-1;1-3(2)4(5)6;1-3-4-2/h1-6H;1H2,2H3,(H2,5,6);3-4H,1-2H2. The minimum absolute atomic E-state index is 0.398. The number of benzene rings is 1. The highest BCUT2D eigenvalue weighted by Crippen LogP contribution is 1.80. The number of rotatable bonds is 2. The molecule has 0 saturated heterocycles. The molecule has 0 saturated carbocycles. The van der Waals surface area contributed by atoms with Gasteiger partial charge in [0.2, 0.25) is 5.91 Å². The molecule has 1 amide bonds. The summed E-state index contributed by atoms with van der Waals surface area (Å²) in [6.45, 7) is 11.6. The fraction of sp³-hybridized carbons (Fsp3) is 0.0714. The number of nitrogens with two attached hydrogens (primary N) is 1. The van der Waals surface area contributed by atoms with Gasteiger partial charge < -0.3 is 5.73 Å². The fourth-order valence-corrected chi connectivity index (χ4v) is 0.385. The zero-order chi connectivity index (χ0) is 12.8. The minimum atomic E-state index is -0.435. The van der Waals surface area contributed by atoms with E-state index in [4.69, 9.17) is 5.73 Å². The monoisotopic (exact) mass is 217 g/mol. The predicted octanol–water partition coefficient (Wildman–Crippen LogP) is 3.09. The van der Waals surface area contributed by atoms with Crippen LogP contribution < -0.4 is 5.73 Å². The van der Waals surface area contributed by atoms with Crippen LogP contribution in [0.25, 0.3) is 0 Å². The molecule has 0 unspecified atom stereocenters. The third-order valence-corrected chi connectivity index (χ3v) is 1.25. The van der Waals surface area contributed by atoms with E-state index in [9.17, 15) is 4.79 Å². The van der Waals surface area contributed by atoms with Crippen molar-refractivity contribution in [2.24, 2.45) is 5.73 Å². The molecule has 0 aromatic heterocycles. The highest BCUT2D eigenvalue weighted by Gasteiger charge is 1.86. The molecule has 0 spiro atoms. The van der Waals surface area contributed by atoms with Gasteiger partial charge in [0.25, 0.3) is 0 Å². The van der Waals surface area contributed by atoms with Crippen LogP contribution in [0.3, 0.4) is 0 Å². The molecule has 2 N–H and O–H groups in total. The molecule has 0 radical (unpaired) electrons. The van der Waals surface area contributed by atoms with Gasteiger partial charge in [-0.2, -0.15) is 0 Å². The summed E-state index contributed by atoms with van der Waals surface area (Å²) in [5, 5.41) is 0. The molecule has 1 rings (SSSR count). The summed E-state index contributed by atoms with van der Waals surface area (Å²) < 4.78 is 0. The summed E-state index contributed by atoms with van der Waals surface area (Å²) in [6.07, 6.45) is 3.28. The number of amides is 1. The van der Waals surface area contributed by atoms with Gasteiger partial charge >= 0.3 is 0 Å².